The van der Waals surface area contributed by atoms with Gasteiger partial charge in [0.25, 0.3) is 0 Å². The van der Waals surface area contributed by atoms with Gasteiger partial charge in [-0.1, -0.05) is 81.1 Å². The fraction of sp³-hybridized carbons (Fsp3) is 0.464. The quantitative estimate of drug-likeness (QED) is 0.446. The number of unbranched alkanes of at least 4 members (excludes halogenated alkanes) is 1. The molecule has 0 bridgehead atoms. The first-order chi connectivity index (χ1) is 16.9. The topological polar surface area (TPSA) is 105 Å². The van der Waals surface area contributed by atoms with E-state index in [9.17, 15) is 19.5 Å². The fourth-order valence-electron chi connectivity index (χ4n) is 5.43. The summed E-state index contributed by atoms with van der Waals surface area (Å²) in [7, 11) is 0. The van der Waals surface area contributed by atoms with Gasteiger partial charge in [0, 0.05) is 12.0 Å². The highest BCUT2D eigenvalue weighted by molar-refractivity contribution is 5.91. The van der Waals surface area contributed by atoms with Crippen LogP contribution in [0.3, 0.4) is 0 Å². The van der Waals surface area contributed by atoms with Crippen LogP contribution in [0, 0.1) is 0 Å². The lowest BCUT2D eigenvalue weighted by molar-refractivity contribution is -0.138. The molecule has 3 N–H and O–H groups in total. The third-order valence-corrected chi connectivity index (χ3v) is 7.24. The number of carboxylic acid groups (broad SMARTS) is 1. The van der Waals surface area contributed by atoms with E-state index in [4.69, 9.17) is 4.74 Å². The molecular weight excluding hydrogens is 444 g/mol. The van der Waals surface area contributed by atoms with Crippen LogP contribution in [-0.2, 0) is 14.3 Å². The van der Waals surface area contributed by atoms with Crippen molar-refractivity contribution in [2.75, 3.05) is 6.61 Å². The number of hydrogen-bond acceptors (Lipinski definition) is 4. The number of rotatable bonds is 10. The van der Waals surface area contributed by atoms with Crippen molar-refractivity contribution in [3.63, 3.8) is 0 Å². The number of benzene rings is 2. The van der Waals surface area contributed by atoms with Crippen molar-refractivity contribution in [3.8, 4) is 11.1 Å². The second-order valence-corrected chi connectivity index (χ2v) is 9.65. The summed E-state index contributed by atoms with van der Waals surface area (Å²) in [6.45, 7) is 2.20. The van der Waals surface area contributed by atoms with Gasteiger partial charge < -0.3 is 20.5 Å². The first kappa shape index (κ1) is 24.8. The summed E-state index contributed by atoms with van der Waals surface area (Å²) in [5.41, 5.74) is 3.50. The number of fused-ring (bicyclic) bond motifs is 3. The van der Waals surface area contributed by atoms with Gasteiger partial charge >= 0.3 is 12.1 Å². The first-order valence-electron chi connectivity index (χ1n) is 12.6. The first-order valence-corrected chi connectivity index (χ1v) is 12.6. The van der Waals surface area contributed by atoms with Gasteiger partial charge in [0.1, 0.15) is 12.1 Å². The van der Waals surface area contributed by atoms with Crippen LogP contribution in [-0.4, -0.2) is 41.3 Å². The number of ether oxygens (including phenoxy) is 1. The van der Waals surface area contributed by atoms with Gasteiger partial charge in [0.2, 0.25) is 5.91 Å². The van der Waals surface area contributed by atoms with E-state index in [0.717, 1.165) is 47.9 Å². The molecule has 0 heterocycles. The minimum absolute atomic E-state index is 0.0597. The molecular formula is C28H34N2O5. The zero-order valence-electron chi connectivity index (χ0n) is 20.2. The number of nitrogens with one attached hydrogen (secondary N) is 2. The summed E-state index contributed by atoms with van der Waals surface area (Å²) in [5.74, 6) is -1.32. The molecule has 2 aliphatic carbocycles. The molecule has 0 saturated heterocycles. The van der Waals surface area contributed by atoms with Crippen LogP contribution in [0.5, 0.6) is 0 Å². The highest BCUT2D eigenvalue weighted by atomic mass is 16.5. The van der Waals surface area contributed by atoms with Gasteiger partial charge in [-0.3, -0.25) is 9.59 Å². The summed E-state index contributed by atoms with van der Waals surface area (Å²) in [4.78, 5) is 37.5. The van der Waals surface area contributed by atoms with E-state index in [0.29, 0.717) is 19.3 Å². The number of carboxylic acids is 1. The average molecular weight is 479 g/mol. The molecule has 0 unspecified atom stereocenters. The zero-order valence-corrected chi connectivity index (χ0v) is 20.2. The van der Waals surface area contributed by atoms with E-state index in [2.05, 4.69) is 34.9 Å². The number of alkyl carbamates (subject to hydrolysis) is 1. The van der Waals surface area contributed by atoms with Crippen LogP contribution in [0.15, 0.2) is 48.5 Å². The van der Waals surface area contributed by atoms with Gasteiger partial charge in [0.05, 0.1) is 6.42 Å². The normalized spacial score (nSPS) is 16.7. The highest BCUT2D eigenvalue weighted by Gasteiger charge is 2.44. The largest absolute Gasteiger partial charge is 0.481 e. The molecule has 0 radical (unpaired) electrons. The molecule has 0 aromatic heterocycles. The minimum atomic E-state index is -1.06. The molecule has 7 nitrogen and oxygen atoms in total. The maximum absolute atomic E-state index is 13.3. The minimum Gasteiger partial charge on any atom is -0.481 e. The van der Waals surface area contributed by atoms with Crippen molar-refractivity contribution < 1.29 is 24.2 Å². The van der Waals surface area contributed by atoms with E-state index in [1.807, 2.05) is 31.2 Å². The Hall–Kier alpha value is -3.35. The average Bonchev–Trinajstić information content (AvgIpc) is 3.44. The maximum Gasteiger partial charge on any atom is 0.408 e. The lowest BCUT2D eigenvalue weighted by Gasteiger charge is -2.31. The lowest BCUT2D eigenvalue weighted by Crippen LogP contribution is -2.59. The molecule has 7 heteroatoms. The summed E-state index contributed by atoms with van der Waals surface area (Å²) in [6, 6.07) is 15.8. The van der Waals surface area contributed by atoms with Crippen LogP contribution in [0.25, 0.3) is 11.1 Å². The molecule has 1 saturated carbocycles. The highest BCUT2D eigenvalue weighted by Crippen LogP contribution is 2.44. The van der Waals surface area contributed by atoms with Crippen molar-refractivity contribution in [2.24, 2.45) is 0 Å². The number of carbonyl (C=O) groups excluding carboxylic acids is 2. The van der Waals surface area contributed by atoms with Crippen LogP contribution < -0.4 is 10.6 Å². The number of hydrogen-bond donors (Lipinski definition) is 3. The number of carbonyl (C=O) groups is 3. The SMILES string of the molecule is CCCC[C@@H](CC(=O)O)NC(=O)C1(NC(=O)OCC2c3ccccc3-c3ccccc32)CCCC1. The van der Waals surface area contributed by atoms with E-state index >= 15 is 0 Å². The molecule has 2 aromatic carbocycles. The van der Waals surface area contributed by atoms with E-state index in [1.165, 1.54) is 0 Å². The van der Waals surface area contributed by atoms with Crippen LogP contribution in [0.4, 0.5) is 4.79 Å². The molecule has 1 fully saturated rings. The molecule has 2 aliphatic rings. The van der Waals surface area contributed by atoms with Crippen molar-refractivity contribution >= 4 is 18.0 Å². The van der Waals surface area contributed by atoms with Crippen LogP contribution >= 0.6 is 0 Å². The van der Waals surface area contributed by atoms with Crippen molar-refractivity contribution in [2.45, 2.75) is 75.8 Å². The van der Waals surface area contributed by atoms with Crippen molar-refractivity contribution in [1.29, 1.82) is 0 Å². The molecule has 1 atom stereocenters. The summed E-state index contributed by atoms with van der Waals surface area (Å²) in [5, 5.41) is 15.0. The van der Waals surface area contributed by atoms with Gasteiger partial charge in [-0.15, -0.1) is 0 Å². The summed E-state index contributed by atoms with van der Waals surface area (Å²) < 4.78 is 5.69. The van der Waals surface area contributed by atoms with E-state index in [1.54, 1.807) is 0 Å². The Morgan fingerprint density at radius 1 is 1.03 bits per heavy atom. The summed E-state index contributed by atoms with van der Waals surface area (Å²) in [6.07, 6.45) is 4.23. The van der Waals surface area contributed by atoms with Gasteiger partial charge in [0.15, 0.2) is 0 Å². The fourth-order valence-corrected chi connectivity index (χ4v) is 5.43. The Balaban J connectivity index is 1.42. The smallest absolute Gasteiger partial charge is 0.408 e. The maximum atomic E-state index is 13.3. The van der Waals surface area contributed by atoms with Gasteiger partial charge in [-0.05, 0) is 41.5 Å². The molecule has 4 rings (SSSR count). The lowest BCUT2D eigenvalue weighted by atomic mass is 9.95. The molecule has 0 spiro atoms. The Bertz CT molecular complexity index is 1030. The van der Waals surface area contributed by atoms with Crippen molar-refractivity contribution in [1.82, 2.24) is 10.6 Å². The monoisotopic (exact) mass is 478 g/mol. The second kappa shape index (κ2) is 10.9. The van der Waals surface area contributed by atoms with E-state index < -0.39 is 23.6 Å². The van der Waals surface area contributed by atoms with Crippen LogP contribution in [0.2, 0.25) is 0 Å². The third-order valence-electron chi connectivity index (χ3n) is 7.24. The predicted octanol–water partition coefficient (Wildman–Crippen LogP) is 4.99. The van der Waals surface area contributed by atoms with Gasteiger partial charge in [-0.25, -0.2) is 4.79 Å². The van der Waals surface area contributed by atoms with Gasteiger partial charge in [-0.2, -0.15) is 0 Å². The summed E-state index contributed by atoms with van der Waals surface area (Å²) >= 11 is 0. The Morgan fingerprint density at radius 2 is 1.63 bits per heavy atom. The molecule has 0 aliphatic heterocycles. The van der Waals surface area contributed by atoms with E-state index in [-0.39, 0.29) is 24.9 Å². The van der Waals surface area contributed by atoms with Crippen LogP contribution in [0.1, 0.15) is 75.3 Å². The number of aliphatic carboxylic acids is 1. The number of amides is 2. The second-order valence-electron chi connectivity index (χ2n) is 9.65. The third kappa shape index (κ3) is 5.50. The molecule has 35 heavy (non-hydrogen) atoms. The zero-order chi connectivity index (χ0) is 24.8. The Labute approximate surface area is 206 Å². The Kier molecular flexibility index (Phi) is 7.73. The van der Waals surface area contributed by atoms with Crippen molar-refractivity contribution in [3.05, 3.63) is 59.7 Å². The molecule has 186 valence electrons. The standard InChI is InChI=1S/C28H34N2O5/c1-2-3-10-19(17-25(31)32)29-26(33)28(15-8-9-16-28)30-27(34)35-18-24-22-13-6-4-11-20(22)21-12-5-7-14-23(21)24/h4-7,11-14,19,24H,2-3,8-10,15-18H2,1H3,(H,29,33)(H,30,34)(H,31,32)/t19-/m0/s1. The molecule has 2 aromatic rings. The Morgan fingerprint density at radius 3 is 2.20 bits per heavy atom. The predicted molar refractivity (Wildman–Crippen MR) is 133 cm³/mol. The molecule has 2 amide bonds.